The van der Waals surface area contributed by atoms with Gasteiger partial charge in [-0.15, -0.1) is 0 Å². The van der Waals surface area contributed by atoms with Crippen molar-refractivity contribution in [1.29, 1.82) is 0 Å². The van der Waals surface area contributed by atoms with Gasteiger partial charge in [0.15, 0.2) is 11.6 Å². The maximum absolute atomic E-state index is 13.0. The summed E-state index contributed by atoms with van der Waals surface area (Å²) in [5.74, 6) is -1.40. The fourth-order valence-electron chi connectivity index (χ4n) is 1.82. The first kappa shape index (κ1) is 11.0. The van der Waals surface area contributed by atoms with Gasteiger partial charge in [0.25, 0.3) is 0 Å². The zero-order valence-electron chi connectivity index (χ0n) is 9.37. The first-order valence-electron chi connectivity index (χ1n) is 5.50. The predicted molar refractivity (Wildman–Crippen MR) is 62.2 cm³/mol. The number of hydrogen-bond acceptors (Lipinski definition) is 4. The van der Waals surface area contributed by atoms with Gasteiger partial charge in [-0.3, -0.25) is 0 Å². The molecule has 0 spiro atoms. The summed E-state index contributed by atoms with van der Waals surface area (Å²) in [6.45, 7) is 1.46. The second-order valence-corrected chi connectivity index (χ2v) is 4.02. The lowest BCUT2D eigenvalue weighted by atomic mass is 10.3. The fourth-order valence-corrected chi connectivity index (χ4v) is 1.82. The third kappa shape index (κ3) is 2.02. The molecule has 0 saturated carbocycles. The van der Waals surface area contributed by atoms with Crippen molar-refractivity contribution in [2.45, 2.75) is 13.1 Å². The highest BCUT2D eigenvalue weighted by molar-refractivity contribution is 5.53. The summed E-state index contributed by atoms with van der Waals surface area (Å²) in [4.78, 5) is 8.42. The highest BCUT2D eigenvalue weighted by atomic mass is 19.2. The van der Waals surface area contributed by atoms with Crippen LogP contribution in [0.15, 0.2) is 24.4 Å². The first-order valence-corrected chi connectivity index (χ1v) is 5.50. The van der Waals surface area contributed by atoms with Crippen LogP contribution in [0.25, 0.3) is 0 Å². The normalized spacial score (nSPS) is 13.4. The highest BCUT2D eigenvalue weighted by Gasteiger charge is 2.13. The number of rotatable bonds is 2. The van der Waals surface area contributed by atoms with Crippen LogP contribution < -0.4 is 10.6 Å². The molecule has 0 fully saturated rings. The van der Waals surface area contributed by atoms with Gasteiger partial charge >= 0.3 is 0 Å². The van der Waals surface area contributed by atoms with Gasteiger partial charge in [-0.2, -0.15) is 0 Å². The van der Waals surface area contributed by atoms with Gasteiger partial charge in [0.05, 0.1) is 5.69 Å². The SMILES string of the molecule is Fc1ccc(Nc2ncc3c(n2)CNC3)cc1F. The largest absolute Gasteiger partial charge is 0.324 e. The molecular formula is C12H10F2N4. The number of nitrogens with zero attached hydrogens (tertiary/aromatic N) is 2. The number of benzene rings is 1. The Balaban J connectivity index is 1.85. The standard InChI is InChI=1S/C12H10F2N4/c13-9-2-1-8(3-10(9)14)17-12-16-5-7-4-15-6-11(7)18-12/h1-3,5,15H,4,6H2,(H,16,17,18). The Morgan fingerprint density at radius 3 is 2.89 bits per heavy atom. The molecule has 2 heterocycles. The van der Waals surface area contributed by atoms with Crippen molar-refractivity contribution in [3.8, 4) is 0 Å². The minimum Gasteiger partial charge on any atom is -0.324 e. The molecule has 1 aliphatic heterocycles. The average Bonchev–Trinajstić information content (AvgIpc) is 2.81. The van der Waals surface area contributed by atoms with Crippen molar-refractivity contribution in [1.82, 2.24) is 15.3 Å². The van der Waals surface area contributed by atoms with Crippen molar-refractivity contribution in [2.24, 2.45) is 0 Å². The van der Waals surface area contributed by atoms with Crippen LogP contribution in [0.3, 0.4) is 0 Å². The van der Waals surface area contributed by atoms with E-state index in [0.717, 1.165) is 29.9 Å². The smallest absolute Gasteiger partial charge is 0.227 e. The number of hydrogen-bond donors (Lipinski definition) is 2. The molecule has 18 heavy (non-hydrogen) atoms. The van der Waals surface area contributed by atoms with Crippen LogP contribution in [0.2, 0.25) is 0 Å². The molecule has 3 rings (SSSR count). The summed E-state index contributed by atoms with van der Waals surface area (Å²) in [6, 6.07) is 3.57. The molecule has 1 aromatic heterocycles. The lowest BCUT2D eigenvalue weighted by Gasteiger charge is -2.06. The molecule has 2 aromatic rings. The second-order valence-electron chi connectivity index (χ2n) is 4.02. The molecule has 0 aliphatic carbocycles. The molecule has 1 aromatic carbocycles. The van der Waals surface area contributed by atoms with Crippen molar-refractivity contribution >= 4 is 11.6 Å². The van der Waals surface area contributed by atoms with E-state index in [1.165, 1.54) is 6.07 Å². The number of fused-ring (bicyclic) bond motifs is 1. The Morgan fingerprint density at radius 2 is 2.06 bits per heavy atom. The molecule has 1 aliphatic rings. The van der Waals surface area contributed by atoms with Crippen LogP contribution in [-0.2, 0) is 13.1 Å². The van der Waals surface area contributed by atoms with Gasteiger partial charge in [-0.05, 0) is 12.1 Å². The number of aromatic nitrogens is 2. The Hall–Kier alpha value is -2.08. The predicted octanol–water partition coefficient (Wildman–Crippen LogP) is 2.10. The van der Waals surface area contributed by atoms with Gasteiger partial charge in [0.2, 0.25) is 5.95 Å². The van der Waals surface area contributed by atoms with E-state index in [1.807, 2.05) is 0 Å². The lowest BCUT2D eigenvalue weighted by molar-refractivity contribution is 0.509. The fraction of sp³-hybridized carbons (Fsp3) is 0.167. The van der Waals surface area contributed by atoms with E-state index in [4.69, 9.17) is 0 Å². The number of halogens is 2. The van der Waals surface area contributed by atoms with Crippen LogP contribution >= 0.6 is 0 Å². The quantitative estimate of drug-likeness (QED) is 0.854. The van der Waals surface area contributed by atoms with E-state index in [1.54, 1.807) is 6.20 Å². The van der Waals surface area contributed by atoms with Gasteiger partial charge in [-0.1, -0.05) is 0 Å². The molecule has 0 radical (unpaired) electrons. The number of nitrogens with one attached hydrogen (secondary N) is 2. The van der Waals surface area contributed by atoms with Gasteiger partial charge in [0.1, 0.15) is 0 Å². The van der Waals surface area contributed by atoms with E-state index in [-0.39, 0.29) is 0 Å². The molecule has 2 N–H and O–H groups in total. The van der Waals surface area contributed by atoms with Crippen LogP contribution in [-0.4, -0.2) is 9.97 Å². The number of anilines is 2. The zero-order valence-corrected chi connectivity index (χ0v) is 9.37. The molecule has 0 bridgehead atoms. The molecule has 4 nitrogen and oxygen atoms in total. The van der Waals surface area contributed by atoms with E-state index in [2.05, 4.69) is 20.6 Å². The first-order chi connectivity index (χ1) is 8.72. The van der Waals surface area contributed by atoms with E-state index < -0.39 is 11.6 Å². The summed E-state index contributed by atoms with van der Waals surface area (Å²) in [5, 5.41) is 6.00. The van der Waals surface area contributed by atoms with Crippen LogP contribution in [0.5, 0.6) is 0 Å². The van der Waals surface area contributed by atoms with Crippen molar-refractivity contribution < 1.29 is 8.78 Å². The molecule has 0 amide bonds. The minimum atomic E-state index is -0.900. The Morgan fingerprint density at radius 1 is 1.17 bits per heavy atom. The summed E-state index contributed by atoms with van der Waals surface area (Å²) >= 11 is 0. The lowest BCUT2D eigenvalue weighted by Crippen LogP contribution is -2.02. The van der Waals surface area contributed by atoms with E-state index in [9.17, 15) is 8.78 Å². The minimum absolute atomic E-state index is 0.378. The van der Waals surface area contributed by atoms with Gasteiger partial charge in [0, 0.05) is 36.6 Å². The van der Waals surface area contributed by atoms with Crippen molar-refractivity contribution in [2.75, 3.05) is 5.32 Å². The summed E-state index contributed by atoms with van der Waals surface area (Å²) in [7, 11) is 0. The monoisotopic (exact) mass is 248 g/mol. The van der Waals surface area contributed by atoms with E-state index >= 15 is 0 Å². The Labute approximate surface area is 102 Å². The van der Waals surface area contributed by atoms with Crippen LogP contribution in [0.4, 0.5) is 20.4 Å². The van der Waals surface area contributed by atoms with Crippen LogP contribution in [0.1, 0.15) is 11.3 Å². The summed E-state index contributed by atoms with van der Waals surface area (Å²) < 4.78 is 25.8. The summed E-state index contributed by atoms with van der Waals surface area (Å²) in [5.41, 5.74) is 2.40. The average molecular weight is 248 g/mol. The molecule has 6 heteroatoms. The molecular weight excluding hydrogens is 238 g/mol. The second kappa shape index (κ2) is 4.30. The maximum atomic E-state index is 13.0. The summed E-state index contributed by atoms with van der Waals surface area (Å²) in [6.07, 6.45) is 1.73. The Kier molecular flexibility index (Phi) is 2.64. The van der Waals surface area contributed by atoms with E-state index in [0.29, 0.717) is 18.2 Å². The Bertz CT molecular complexity index is 601. The molecule has 0 atom stereocenters. The van der Waals surface area contributed by atoms with Crippen molar-refractivity contribution in [3.63, 3.8) is 0 Å². The zero-order chi connectivity index (χ0) is 12.5. The van der Waals surface area contributed by atoms with Gasteiger partial charge < -0.3 is 10.6 Å². The highest BCUT2D eigenvalue weighted by Crippen LogP contribution is 2.18. The third-order valence-electron chi connectivity index (χ3n) is 2.74. The van der Waals surface area contributed by atoms with Crippen molar-refractivity contribution in [3.05, 3.63) is 47.3 Å². The molecule has 0 unspecified atom stereocenters. The maximum Gasteiger partial charge on any atom is 0.227 e. The van der Waals surface area contributed by atoms with Crippen LogP contribution in [0, 0.1) is 11.6 Å². The third-order valence-corrected chi connectivity index (χ3v) is 2.74. The van der Waals surface area contributed by atoms with Gasteiger partial charge in [-0.25, -0.2) is 18.7 Å². The topological polar surface area (TPSA) is 49.8 Å². The molecule has 92 valence electrons. The molecule has 0 saturated heterocycles.